The molecular weight excluding hydrogens is 382 g/mol. The Morgan fingerprint density at radius 2 is 1.82 bits per heavy atom. The number of hydrogen-bond acceptors (Lipinski definition) is 5. The number of aryl methyl sites for hydroxylation is 1. The predicted octanol–water partition coefficient (Wildman–Crippen LogP) is 4.63. The molecule has 0 saturated carbocycles. The third kappa shape index (κ3) is 5.63. The fraction of sp³-hybridized carbons (Fsp3) is 0.333. The molecule has 0 aliphatic heterocycles. The van der Waals surface area contributed by atoms with Crippen molar-refractivity contribution < 1.29 is 23.8 Å². The molecule has 0 fully saturated rings. The van der Waals surface area contributed by atoms with Gasteiger partial charge in [0.25, 0.3) is 5.91 Å². The Bertz CT molecular complexity index is 866. The zero-order valence-electron chi connectivity index (χ0n) is 16.5. The summed E-state index contributed by atoms with van der Waals surface area (Å²) in [6, 6.07) is 10.2. The molecule has 2 aromatic rings. The van der Waals surface area contributed by atoms with Crippen molar-refractivity contribution >= 4 is 29.2 Å². The number of anilines is 1. The topological polar surface area (TPSA) is 73.9 Å². The Hall–Kier alpha value is -2.73. The van der Waals surface area contributed by atoms with Crippen LogP contribution >= 0.6 is 11.6 Å². The van der Waals surface area contributed by atoms with Gasteiger partial charge in [0, 0.05) is 5.69 Å². The highest BCUT2D eigenvalue weighted by Gasteiger charge is 2.22. The van der Waals surface area contributed by atoms with Crippen LogP contribution in [-0.2, 0) is 9.53 Å². The van der Waals surface area contributed by atoms with Crippen LogP contribution in [0.4, 0.5) is 5.69 Å². The van der Waals surface area contributed by atoms with Crippen molar-refractivity contribution in [1.29, 1.82) is 0 Å². The number of benzene rings is 2. The highest BCUT2D eigenvalue weighted by Crippen LogP contribution is 2.37. The van der Waals surface area contributed by atoms with Gasteiger partial charge in [0.15, 0.2) is 17.6 Å². The predicted molar refractivity (Wildman–Crippen MR) is 108 cm³/mol. The summed E-state index contributed by atoms with van der Waals surface area (Å²) in [5.41, 5.74) is 1.80. The number of nitrogens with one attached hydrogen (secondary N) is 1. The summed E-state index contributed by atoms with van der Waals surface area (Å²) in [4.78, 5) is 24.8. The van der Waals surface area contributed by atoms with Gasteiger partial charge in [-0.25, -0.2) is 4.79 Å². The number of rotatable bonds is 7. The molecule has 0 heterocycles. The number of hydrogen-bond donors (Lipinski definition) is 1. The molecule has 6 nitrogen and oxygen atoms in total. The van der Waals surface area contributed by atoms with Crippen LogP contribution in [0.1, 0.15) is 36.7 Å². The van der Waals surface area contributed by atoms with E-state index in [1.54, 1.807) is 6.07 Å². The molecule has 0 saturated heterocycles. The van der Waals surface area contributed by atoms with E-state index in [1.165, 1.54) is 26.2 Å². The molecule has 1 amide bonds. The maximum atomic E-state index is 12.5. The summed E-state index contributed by atoms with van der Waals surface area (Å²) < 4.78 is 16.2. The van der Waals surface area contributed by atoms with Gasteiger partial charge in [-0.2, -0.15) is 0 Å². The molecule has 1 unspecified atom stereocenters. The highest BCUT2D eigenvalue weighted by molar-refractivity contribution is 6.32. The zero-order valence-corrected chi connectivity index (χ0v) is 17.3. The summed E-state index contributed by atoms with van der Waals surface area (Å²) in [6.07, 6.45) is -1.11. The van der Waals surface area contributed by atoms with Crippen molar-refractivity contribution in [2.45, 2.75) is 39.9 Å². The molecule has 0 aliphatic rings. The van der Waals surface area contributed by atoms with Gasteiger partial charge in [-0.1, -0.05) is 23.7 Å². The first-order valence-electron chi connectivity index (χ1n) is 8.84. The van der Waals surface area contributed by atoms with Crippen molar-refractivity contribution in [2.24, 2.45) is 0 Å². The second-order valence-corrected chi connectivity index (χ2v) is 6.97. The number of esters is 1. The van der Waals surface area contributed by atoms with Crippen LogP contribution in [0.3, 0.4) is 0 Å². The second-order valence-electron chi connectivity index (χ2n) is 6.56. The number of methoxy groups -OCH3 is 1. The Kier molecular flexibility index (Phi) is 7.29. The second kappa shape index (κ2) is 9.46. The van der Waals surface area contributed by atoms with Crippen LogP contribution < -0.4 is 14.8 Å². The molecule has 150 valence electrons. The lowest BCUT2D eigenvalue weighted by molar-refractivity contribution is -0.123. The number of carbonyl (C=O) groups is 2. The Morgan fingerprint density at radius 1 is 1.11 bits per heavy atom. The third-order valence-corrected chi connectivity index (χ3v) is 4.04. The van der Waals surface area contributed by atoms with E-state index in [1.807, 2.05) is 39.0 Å². The van der Waals surface area contributed by atoms with Crippen LogP contribution in [0.2, 0.25) is 5.02 Å². The van der Waals surface area contributed by atoms with Gasteiger partial charge >= 0.3 is 5.97 Å². The highest BCUT2D eigenvalue weighted by atomic mass is 35.5. The van der Waals surface area contributed by atoms with Gasteiger partial charge in [-0.3, -0.25) is 4.79 Å². The first-order chi connectivity index (χ1) is 13.2. The number of ether oxygens (including phenoxy) is 3. The van der Waals surface area contributed by atoms with E-state index in [-0.39, 0.29) is 16.7 Å². The van der Waals surface area contributed by atoms with E-state index >= 15 is 0 Å². The monoisotopic (exact) mass is 405 g/mol. The summed E-state index contributed by atoms with van der Waals surface area (Å²) in [5.74, 6) is -0.467. The van der Waals surface area contributed by atoms with Crippen molar-refractivity contribution in [3.8, 4) is 11.5 Å². The van der Waals surface area contributed by atoms with Crippen LogP contribution in [0.25, 0.3) is 0 Å². The molecule has 0 spiro atoms. The Balaban J connectivity index is 2.11. The van der Waals surface area contributed by atoms with Gasteiger partial charge in [0.1, 0.15) is 0 Å². The van der Waals surface area contributed by atoms with Gasteiger partial charge in [0.05, 0.1) is 23.8 Å². The number of carbonyl (C=O) groups excluding carboxylic acids is 2. The molecular formula is C21H24ClNO5. The van der Waals surface area contributed by atoms with Crippen molar-refractivity contribution in [3.05, 3.63) is 52.5 Å². The fourth-order valence-electron chi connectivity index (χ4n) is 2.44. The largest absolute Gasteiger partial charge is 0.493 e. The van der Waals surface area contributed by atoms with Gasteiger partial charge in [-0.15, -0.1) is 0 Å². The normalized spacial score (nSPS) is 11.7. The lowest BCUT2D eigenvalue weighted by Gasteiger charge is -2.17. The van der Waals surface area contributed by atoms with E-state index in [2.05, 4.69) is 5.32 Å². The van der Waals surface area contributed by atoms with Crippen molar-refractivity contribution in [2.75, 3.05) is 12.4 Å². The van der Waals surface area contributed by atoms with E-state index in [0.29, 0.717) is 17.2 Å². The molecule has 0 aromatic heterocycles. The quantitative estimate of drug-likeness (QED) is 0.680. The van der Waals surface area contributed by atoms with Crippen molar-refractivity contribution in [3.63, 3.8) is 0 Å². The molecule has 0 aliphatic carbocycles. The van der Waals surface area contributed by atoms with E-state index in [0.717, 1.165) is 5.56 Å². The average molecular weight is 406 g/mol. The molecule has 2 rings (SSSR count). The first-order valence-corrected chi connectivity index (χ1v) is 9.21. The third-order valence-electron chi connectivity index (χ3n) is 3.76. The summed E-state index contributed by atoms with van der Waals surface area (Å²) in [6.45, 7) is 7.12. The number of amides is 1. The standard InChI is InChI=1S/C21H24ClNO5/c1-12(2)27-19-17(22)10-15(11-18(19)26-5)21(25)28-14(4)20(24)23-16-8-6-7-13(3)9-16/h6-12,14H,1-5H3,(H,23,24). The molecule has 0 radical (unpaired) electrons. The van der Waals surface area contributed by atoms with E-state index in [9.17, 15) is 9.59 Å². The van der Waals surface area contributed by atoms with Gasteiger partial charge in [0.2, 0.25) is 0 Å². The molecule has 28 heavy (non-hydrogen) atoms. The smallest absolute Gasteiger partial charge is 0.339 e. The number of halogens is 1. The maximum absolute atomic E-state index is 12.5. The van der Waals surface area contributed by atoms with Crippen LogP contribution in [-0.4, -0.2) is 31.2 Å². The van der Waals surface area contributed by atoms with Gasteiger partial charge in [-0.05, 0) is 57.5 Å². The summed E-state index contributed by atoms with van der Waals surface area (Å²) in [7, 11) is 1.45. The first kappa shape index (κ1) is 21.6. The minimum atomic E-state index is -0.996. The van der Waals surface area contributed by atoms with E-state index < -0.39 is 18.0 Å². The maximum Gasteiger partial charge on any atom is 0.339 e. The minimum Gasteiger partial charge on any atom is -0.493 e. The zero-order chi connectivity index (χ0) is 20.8. The van der Waals surface area contributed by atoms with Crippen molar-refractivity contribution in [1.82, 2.24) is 0 Å². The summed E-state index contributed by atoms with van der Waals surface area (Å²) in [5, 5.41) is 2.94. The van der Waals surface area contributed by atoms with Crippen LogP contribution in [0, 0.1) is 6.92 Å². The Labute approximate surface area is 169 Å². The van der Waals surface area contributed by atoms with Crippen LogP contribution in [0.15, 0.2) is 36.4 Å². The lowest BCUT2D eigenvalue weighted by atomic mass is 10.2. The van der Waals surface area contributed by atoms with Crippen LogP contribution in [0.5, 0.6) is 11.5 Å². The summed E-state index contributed by atoms with van der Waals surface area (Å²) >= 11 is 6.23. The molecule has 1 N–H and O–H groups in total. The SMILES string of the molecule is COc1cc(C(=O)OC(C)C(=O)Nc2cccc(C)c2)cc(Cl)c1OC(C)C. The average Bonchev–Trinajstić information content (AvgIpc) is 2.62. The molecule has 2 aromatic carbocycles. The van der Waals surface area contributed by atoms with E-state index in [4.69, 9.17) is 25.8 Å². The molecule has 1 atom stereocenters. The van der Waals surface area contributed by atoms with Gasteiger partial charge < -0.3 is 19.5 Å². The Morgan fingerprint density at radius 3 is 2.43 bits per heavy atom. The fourth-order valence-corrected chi connectivity index (χ4v) is 2.69. The minimum absolute atomic E-state index is 0.116. The molecule has 7 heteroatoms. The lowest BCUT2D eigenvalue weighted by Crippen LogP contribution is -2.30. The molecule has 0 bridgehead atoms.